The van der Waals surface area contributed by atoms with Crippen molar-refractivity contribution in [1.82, 2.24) is 0 Å². The fourth-order valence-electron chi connectivity index (χ4n) is 23.2. The lowest BCUT2D eigenvalue weighted by Crippen LogP contribution is -2.46. The molecule has 0 spiro atoms. The van der Waals surface area contributed by atoms with Crippen LogP contribution in [0.3, 0.4) is 0 Å². The summed E-state index contributed by atoms with van der Waals surface area (Å²) >= 11 is 0. The highest BCUT2D eigenvalue weighted by Crippen LogP contribution is 2.69. The van der Waals surface area contributed by atoms with Crippen LogP contribution in [-0.2, 0) is 0 Å². The van der Waals surface area contributed by atoms with E-state index in [1.807, 2.05) is 0 Å². The van der Waals surface area contributed by atoms with Crippen LogP contribution in [0.2, 0.25) is 0 Å². The third-order valence-corrected chi connectivity index (χ3v) is 29.8. The quantitative estimate of drug-likeness (QED) is 0.161. The van der Waals surface area contributed by atoms with Crippen molar-refractivity contribution in [2.24, 2.45) is 133 Å². The zero-order valence-electron chi connectivity index (χ0n) is 58.6. The Balaban J connectivity index is 0.000000143. The summed E-state index contributed by atoms with van der Waals surface area (Å²) in [5, 5.41) is 30.6. The molecule has 3 N–H and O–H groups in total. The third kappa shape index (κ3) is 12.4. The van der Waals surface area contributed by atoms with Crippen molar-refractivity contribution in [3.05, 3.63) is 94.2 Å². The number of aliphatic hydroxyl groups excluding tert-OH is 3. The molecule has 0 aromatic heterocycles. The summed E-state index contributed by atoms with van der Waals surface area (Å²) in [4.78, 5) is 0. The Morgan fingerprint density at radius 1 is 0.372 bits per heavy atom. The molecule has 0 saturated heterocycles. The van der Waals surface area contributed by atoms with Crippen molar-refractivity contribution in [3.63, 3.8) is 0 Å². The molecule has 0 aliphatic heterocycles. The Morgan fingerprint density at radius 3 is 1.02 bits per heavy atom. The van der Waals surface area contributed by atoms with E-state index < -0.39 is 0 Å². The Kier molecular flexibility index (Phi) is 20.2. The lowest BCUT2D eigenvalue weighted by atomic mass is 9.50. The molecule has 0 radical (unpaired) electrons. The molecule has 0 bridgehead atoms. The van der Waals surface area contributed by atoms with Gasteiger partial charge < -0.3 is 15.3 Å². The molecule has 9 fully saturated rings. The van der Waals surface area contributed by atoms with E-state index in [-0.39, 0.29) is 18.3 Å². The molecule has 482 valence electrons. The normalized spacial score (nSPS) is 43.9. The predicted molar refractivity (Wildman–Crippen MR) is 366 cm³/mol. The first-order valence-corrected chi connectivity index (χ1v) is 37.2. The van der Waals surface area contributed by atoms with Crippen LogP contribution in [-0.4, -0.2) is 33.6 Å². The second-order valence-corrected chi connectivity index (χ2v) is 35.5. The molecule has 0 amide bonds. The molecule has 3 heteroatoms. The molecule has 12 rings (SSSR count). The van der Waals surface area contributed by atoms with Crippen LogP contribution in [0.1, 0.15) is 272 Å². The summed E-state index contributed by atoms with van der Waals surface area (Å²) in [7, 11) is 0. The summed E-state index contributed by atoms with van der Waals surface area (Å²) in [6.45, 7) is 41.7. The summed E-state index contributed by atoms with van der Waals surface area (Å²) in [5.41, 5.74) is 12.3. The summed E-state index contributed by atoms with van der Waals surface area (Å²) in [6.07, 6.45) is 54.6. The molecular formula is C83H132O3. The van der Waals surface area contributed by atoms with E-state index in [2.05, 4.69) is 178 Å². The maximum absolute atomic E-state index is 10.2. The van der Waals surface area contributed by atoms with Crippen molar-refractivity contribution < 1.29 is 15.3 Å². The van der Waals surface area contributed by atoms with Crippen LogP contribution < -0.4 is 0 Å². The second-order valence-electron chi connectivity index (χ2n) is 35.5. The third-order valence-electron chi connectivity index (χ3n) is 29.8. The minimum absolute atomic E-state index is 0.106. The number of allylic oxidation sites excluding steroid dienone is 13. The van der Waals surface area contributed by atoms with Gasteiger partial charge in [-0.1, -0.05) is 231 Å². The molecule has 23 atom stereocenters. The Morgan fingerprint density at radius 2 is 0.698 bits per heavy atom. The highest BCUT2D eigenvalue weighted by Gasteiger charge is 2.60. The number of hydrogen-bond acceptors (Lipinski definition) is 3. The second kappa shape index (κ2) is 26.1. The molecular weight excluding hydrogens is 1040 g/mol. The van der Waals surface area contributed by atoms with E-state index in [1.54, 1.807) is 22.3 Å². The minimum Gasteiger partial charge on any atom is -0.393 e. The fourth-order valence-corrected chi connectivity index (χ4v) is 23.2. The molecule has 0 unspecified atom stereocenters. The largest absolute Gasteiger partial charge is 0.393 e. The van der Waals surface area contributed by atoms with Gasteiger partial charge in [-0.05, 0) is 268 Å². The van der Waals surface area contributed by atoms with Gasteiger partial charge in [-0.3, -0.25) is 0 Å². The fraction of sp³-hybridized carbons (Fsp3) is 0.807. The van der Waals surface area contributed by atoms with Gasteiger partial charge >= 0.3 is 0 Å². The number of fused-ring (bicyclic) bond motifs is 15. The molecule has 0 aromatic carbocycles. The first kappa shape index (κ1) is 66.7. The first-order chi connectivity index (χ1) is 40.6. The summed E-state index contributed by atoms with van der Waals surface area (Å²) in [6, 6.07) is 0. The highest BCUT2D eigenvalue weighted by atomic mass is 16.3. The lowest BCUT2D eigenvalue weighted by molar-refractivity contribution is 0.0323. The maximum atomic E-state index is 10.2. The first-order valence-electron chi connectivity index (χ1n) is 37.2. The van der Waals surface area contributed by atoms with E-state index in [0.29, 0.717) is 56.2 Å². The molecule has 12 aliphatic rings. The SMILES string of the molecule is CC(C)CCC[C@@H](C)[C@H]1CC[C@H]2C3=CC=C4C[C@@H](O)CC[C@]4(C)[C@H]3CC[C@]12C.CC(C)[C@@H](C)/C=C/[C@@H](C)[C@H]1CC[C@H]2C3=CC=C4C[C@@H](O)CC[C@]4(C)[C@H]3CC[C@]12C.CC(C)[C@H](C)/C=C/[C@@H](C)[C@H]1CC[C@H]2C3=CC=C4C[C@@H](O)CC[C@]4(C)[C@H]3CC[C@]12C. The van der Waals surface area contributed by atoms with Crippen molar-refractivity contribution >= 4 is 0 Å². The van der Waals surface area contributed by atoms with E-state index in [9.17, 15) is 15.3 Å². The van der Waals surface area contributed by atoms with Gasteiger partial charge in [-0.15, -0.1) is 0 Å². The predicted octanol–water partition coefficient (Wildman–Crippen LogP) is 22.0. The highest BCUT2D eigenvalue weighted by molar-refractivity contribution is 5.42. The van der Waals surface area contributed by atoms with Crippen LogP contribution in [0.5, 0.6) is 0 Å². The van der Waals surface area contributed by atoms with Crippen molar-refractivity contribution in [2.45, 2.75) is 290 Å². The number of aliphatic hydroxyl groups is 3. The average Bonchev–Trinajstić information content (AvgIpc) is 1.36. The van der Waals surface area contributed by atoms with E-state index in [0.717, 1.165) is 115 Å². The van der Waals surface area contributed by atoms with Crippen LogP contribution in [0, 0.1) is 133 Å². The van der Waals surface area contributed by atoms with Gasteiger partial charge in [0.25, 0.3) is 0 Å². The Labute approximate surface area is 529 Å². The minimum atomic E-state index is -0.116. The Bertz CT molecular complexity index is 2510. The number of rotatable bonds is 13. The van der Waals surface area contributed by atoms with Gasteiger partial charge in [0.1, 0.15) is 0 Å². The standard InChI is InChI=1S/2C28H44O.C27H44O/c2*1-18(2)19(3)7-8-20(4)24-11-12-25-23-10-9-21-17-22(29)13-15-27(21,5)26(23)14-16-28(24,25)6;1-18(2)7-6-8-19(3)23-11-12-24-22-10-9-20-17-21(28)13-15-26(20,4)25(22)14-16-27(23,24)5/h2*7-10,18-20,22,24-26,29H,11-17H2,1-6H3;9-10,18-19,21,23-25,28H,6-8,11-17H2,1-5H3/b2*8-7+;/t19-,20+,22-,24+,25-,26-,27-,28+;19-,20-,22+,24-,25+,26+,27+,28-;19-,21+,23-,24+,25+,26+,27-/m011/s1. The molecule has 3 nitrogen and oxygen atoms in total. The molecule has 9 saturated carbocycles. The summed E-state index contributed by atoms with van der Waals surface area (Å²) < 4.78 is 0. The van der Waals surface area contributed by atoms with E-state index in [1.165, 1.54) is 127 Å². The maximum Gasteiger partial charge on any atom is 0.0578 e. The van der Waals surface area contributed by atoms with Gasteiger partial charge in [0, 0.05) is 0 Å². The van der Waals surface area contributed by atoms with Crippen molar-refractivity contribution in [2.75, 3.05) is 0 Å². The molecule has 0 heterocycles. The van der Waals surface area contributed by atoms with Crippen LogP contribution in [0.4, 0.5) is 0 Å². The van der Waals surface area contributed by atoms with Gasteiger partial charge in [0.2, 0.25) is 0 Å². The molecule has 12 aliphatic carbocycles. The van der Waals surface area contributed by atoms with E-state index in [4.69, 9.17) is 0 Å². The van der Waals surface area contributed by atoms with Gasteiger partial charge in [-0.25, -0.2) is 0 Å². The van der Waals surface area contributed by atoms with Crippen LogP contribution in [0.25, 0.3) is 0 Å². The Hall–Kier alpha value is -2.20. The summed E-state index contributed by atoms with van der Waals surface area (Å²) in [5.74, 6) is 13.0. The van der Waals surface area contributed by atoms with Crippen molar-refractivity contribution in [1.29, 1.82) is 0 Å². The average molecular weight is 1180 g/mol. The molecule has 0 aromatic rings. The van der Waals surface area contributed by atoms with Crippen molar-refractivity contribution in [3.8, 4) is 0 Å². The molecule has 86 heavy (non-hydrogen) atoms. The van der Waals surface area contributed by atoms with E-state index >= 15 is 0 Å². The zero-order chi connectivity index (χ0) is 62.1. The number of hydrogen-bond donors (Lipinski definition) is 3. The zero-order valence-corrected chi connectivity index (χ0v) is 58.6. The lowest BCUT2D eigenvalue weighted by Gasteiger charge is -2.55. The monoisotopic (exact) mass is 1180 g/mol. The van der Waals surface area contributed by atoms with Crippen LogP contribution >= 0.6 is 0 Å². The van der Waals surface area contributed by atoms with Gasteiger partial charge in [-0.2, -0.15) is 0 Å². The van der Waals surface area contributed by atoms with Crippen LogP contribution in [0.15, 0.2) is 94.2 Å². The van der Waals surface area contributed by atoms with Gasteiger partial charge in [0.15, 0.2) is 0 Å². The van der Waals surface area contributed by atoms with Gasteiger partial charge in [0.05, 0.1) is 18.3 Å². The topological polar surface area (TPSA) is 60.7 Å². The smallest absolute Gasteiger partial charge is 0.0578 e.